The summed E-state index contributed by atoms with van der Waals surface area (Å²) in [6.45, 7) is 1.57. The van der Waals surface area contributed by atoms with Crippen LogP contribution < -0.4 is 5.32 Å². The molecule has 0 unspecified atom stereocenters. The molecular weight excluding hydrogens is 266 g/mol. The minimum atomic E-state index is 0.551. The van der Waals surface area contributed by atoms with E-state index < -0.39 is 0 Å². The summed E-state index contributed by atoms with van der Waals surface area (Å²) in [6, 6.07) is 6.42. The van der Waals surface area contributed by atoms with Crippen LogP contribution in [0.15, 0.2) is 41.6 Å². The Kier molecular flexibility index (Phi) is 2.92. The number of nitrogens with zero attached hydrogens (tertiary/aromatic N) is 4. The number of aryl methyl sites for hydroxylation is 1. The van der Waals surface area contributed by atoms with E-state index in [9.17, 15) is 0 Å². The van der Waals surface area contributed by atoms with E-state index in [2.05, 4.69) is 38.6 Å². The molecule has 1 aliphatic rings. The van der Waals surface area contributed by atoms with Gasteiger partial charge in [-0.3, -0.25) is 0 Å². The van der Waals surface area contributed by atoms with Crippen LogP contribution in [0.2, 0.25) is 0 Å². The molecule has 0 atom stereocenters. The predicted molar refractivity (Wildman–Crippen MR) is 77.9 cm³/mol. The van der Waals surface area contributed by atoms with Gasteiger partial charge in [-0.05, 0) is 18.4 Å². The van der Waals surface area contributed by atoms with Crippen LogP contribution >= 0.6 is 0 Å². The molecule has 0 amide bonds. The van der Waals surface area contributed by atoms with Gasteiger partial charge in [-0.1, -0.05) is 23.4 Å². The minimum absolute atomic E-state index is 0.551. The molecule has 4 rings (SSSR count). The van der Waals surface area contributed by atoms with E-state index in [0.29, 0.717) is 12.4 Å². The number of rotatable bonds is 3. The van der Waals surface area contributed by atoms with E-state index in [1.165, 1.54) is 29.6 Å². The molecule has 1 aliphatic heterocycles. The molecule has 21 heavy (non-hydrogen) atoms. The molecule has 3 heterocycles. The summed E-state index contributed by atoms with van der Waals surface area (Å²) in [4.78, 5) is 8.35. The summed E-state index contributed by atoms with van der Waals surface area (Å²) in [7, 11) is 0. The molecule has 1 N–H and O–H groups in total. The summed E-state index contributed by atoms with van der Waals surface area (Å²) in [5, 5.41) is 7.38. The van der Waals surface area contributed by atoms with E-state index in [1.807, 2.05) is 10.8 Å². The van der Waals surface area contributed by atoms with E-state index in [1.54, 1.807) is 6.33 Å². The quantitative estimate of drug-likeness (QED) is 0.798. The maximum Gasteiger partial charge on any atom is 0.213 e. The van der Waals surface area contributed by atoms with Crippen LogP contribution in [0.5, 0.6) is 0 Å². The number of nitrogens with one attached hydrogen (secondary N) is 1. The Morgan fingerprint density at radius 2 is 2.33 bits per heavy atom. The maximum absolute atomic E-state index is 4.79. The number of para-hydroxylation sites is 1. The fraction of sp³-hybridized carbons (Fsp3) is 0.267. The Balaban J connectivity index is 1.76. The van der Waals surface area contributed by atoms with Crippen LogP contribution in [-0.2, 0) is 13.0 Å². The highest BCUT2D eigenvalue weighted by atomic mass is 16.5. The van der Waals surface area contributed by atoms with Crippen LogP contribution in [0.1, 0.15) is 17.8 Å². The van der Waals surface area contributed by atoms with Crippen molar-refractivity contribution in [2.45, 2.75) is 19.4 Å². The first-order valence-corrected chi connectivity index (χ1v) is 7.03. The SMILES string of the molecule is c1cc2c(c(-c3cncn3Cc3ncon3)c1)NCCC2. The number of fused-ring (bicyclic) bond motifs is 1. The first-order valence-electron chi connectivity index (χ1n) is 7.03. The summed E-state index contributed by atoms with van der Waals surface area (Å²) < 4.78 is 6.83. The van der Waals surface area contributed by atoms with Crippen molar-refractivity contribution in [3.8, 4) is 11.3 Å². The van der Waals surface area contributed by atoms with Crippen molar-refractivity contribution in [1.29, 1.82) is 0 Å². The fourth-order valence-electron chi connectivity index (χ4n) is 2.81. The molecule has 0 bridgehead atoms. The second-order valence-corrected chi connectivity index (χ2v) is 5.12. The monoisotopic (exact) mass is 281 g/mol. The average molecular weight is 281 g/mol. The van der Waals surface area contributed by atoms with Crippen molar-refractivity contribution < 1.29 is 4.52 Å². The van der Waals surface area contributed by atoms with Gasteiger partial charge in [-0.25, -0.2) is 4.98 Å². The van der Waals surface area contributed by atoms with Crippen LogP contribution in [0.4, 0.5) is 5.69 Å². The Morgan fingerprint density at radius 3 is 3.24 bits per heavy atom. The molecule has 0 spiro atoms. The van der Waals surface area contributed by atoms with Gasteiger partial charge >= 0.3 is 0 Å². The van der Waals surface area contributed by atoms with Crippen LogP contribution in [0.25, 0.3) is 11.3 Å². The van der Waals surface area contributed by atoms with Gasteiger partial charge in [0.25, 0.3) is 0 Å². The lowest BCUT2D eigenvalue weighted by molar-refractivity contribution is 0.408. The molecule has 0 fully saturated rings. The van der Waals surface area contributed by atoms with Gasteiger partial charge in [0.2, 0.25) is 6.39 Å². The summed E-state index contributed by atoms with van der Waals surface area (Å²) in [6.07, 6.45) is 7.32. The average Bonchev–Trinajstić information content (AvgIpc) is 3.19. The van der Waals surface area contributed by atoms with Crippen molar-refractivity contribution in [2.24, 2.45) is 0 Å². The highest BCUT2D eigenvalue weighted by Gasteiger charge is 2.16. The number of hydrogen-bond acceptors (Lipinski definition) is 5. The fourth-order valence-corrected chi connectivity index (χ4v) is 2.81. The molecule has 6 nitrogen and oxygen atoms in total. The smallest absolute Gasteiger partial charge is 0.213 e. The molecule has 0 saturated carbocycles. The Labute approximate surface area is 121 Å². The van der Waals surface area contributed by atoms with Gasteiger partial charge in [0.05, 0.1) is 24.8 Å². The lowest BCUT2D eigenvalue weighted by Crippen LogP contribution is -2.13. The number of hydrogen-bond donors (Lipinski definition) is 1. The van der Waals surface area contributed by atoms with E-state index in [0.717, 1.165) is 18.7 Å². The lowest BCUT2D eigenvalue weighted by atomic mass is 9.98. The largest absolute Gasteiger partial charge is 0.384 e. The molecule has 0 saturated heterocycles. The standard InChI is InChI=1S/C15H15N5O/c1-3-11-4-2-6-17-15(11)12(5-1)13-7-16-9-20(13)8-14-18-10-21-19-14/h1,3,5,7,9-10,17H,2,4,6,8H2. The van der Waals surface area contributed by atoms with E-state index >= 15 is 0 Å². The van der Waals surface area contributed by atoms with Crippen molar-refractivity contribution in [3.05, 3.63) is 48.5 Å². The van der Waals surface area contributed by atoms with Gasteiger partial charge < -0.3 is 14.4 Å². The Morgan fingerprint density at radius 1 is 1.33 bits per heavy atom. The zero-order valence-electron chi connectivity index (χ0n) is 11.5. The molecule has 3 aromatic rings. The van der Waals surface area contributed by atoms with Crippen molar-refractivity contribution in [1.82, 2.24) is 19.7 Å². The third-order valence-electron chi connectivity index (χ3n) is 3.78. The maximum atomic E-state index is 4.79. The molecule has 1 aromatic carbocycles. The number of benzene rings is 1. The highest BCUT2D eigenvalue weighted by Crippen LogP contribution is 2.33. The normalized spacial score (nSPS) is 13.7. The second kappa shape index (κ2) is 5.05. The third-order valence-corrected chi connectivity index (χ3v) is 3.78. The molecule has 0 radical (unpaired) electrons. The minimum Gasteiger partial charge on any atom is -0.384 e. The zero-order valence-corrected chi connectivity index (χ0v) is 11.5. The third kappa shape index (κ3) is 2.18. The number of anilines is 1. The molecule has 2 aromatic heterocycles. The highest BCUT2D eigenvalue weighted by molar-refractivity contribution is 5.79. The summed E-state index contributed by atoms with van der Waals surface area (Å²) in [5.41, 5.74) is 4.82. The number of imidazole rings is 1. The van der Waals surface area contributed by atoms with Gasteiger partial charge in [-0.2, -0.15) is 4.98 Å². The van der Waals surface area contributed by atoms with Crippen molar-refractivity contribution in [2.75, 3.05) is 11.9 Å². The first kappa shape index (κ1) is 12.1. The van der Waals surface area contributed by atoms with Gasteiger partial charge in [0, 0.05) is 17.8 Å². The number of aromatic nitrogens is 4. The molecular formula is C15H15N5O. The second-order valence-electron chi connectivity index (χ2n) is 5.12. The van der Waals surface area contributed by atoms with E-state index in [-0.39, 0.29) is 0 Å². The Hall–Kier alpha value is -2.63. The van der Waals surface area contributed by atoms with E-state index in [4.69, 9.17) is 4.52 Å². The summed E-state index contributed by atoms with van der Waals surface area (Å²) >= 11 is 0. The molecule has 6 heteroatoms. The summed E-state index contributed by atoms with van der Waals surface area (Å²) in [5.74, 6) is 0.645. The van der Waals surface area contributed by atoms with Crippen LogP contribution in [0, 0.1) is 0 Å². The van der Waals surface area contributed by atoms with Gasteiger partial charge in [0.15, 0.2) is 5.82 Å². The Bertz CT molecular complexity index is 747. The zero-order chi connectivity index (χ0) is 14.1. The lowest BCUT2D eigenvalue weighted by Gasteiger charge is -2.21. The van der Waals surface area contributed by atoms with Gasteiger partial charge in [-0.15, -0.1) is 0 Å². The first-order chi connectivity index (χ1) is 10.4. The van der Waals surface area contributed by atoms with Crippen LogP contribution in [-0.4, -0.2) is 26.2 Å². The van der Waals surface area contributed by atoms with Crippen molar-refractivity contribution in [3.63, 3.8) is 0 Å². The van der Waals surface area contributed by atoms with Crippen LogP contribution in [0.3, 0.4) is 0 Å². The van der Waals surface area contributed by atoms with Gasteiger partial charge in [0.1, 0.15) is 0 Å². The molecule has 0 aliphatic carbocycles. The van der Waals surface area contributed by atoms with Crippen molar-refractivity contribution >= 4 is 5.69 Å². The molecule has 106 valence electrons. The predicted octanol–water partition coefficient (Wildman–Crippen LogP) is 2.34. The topological polar surface area (TPSA) is 68.8 Å².